The van der Waals surface area contributed by atoms with Gasteiger partial charge in [-0.2, -0.15) is 13.2 Å². The Kier molecular flexibility index (Phi) is 4.29. The second kappa shape index (κ2) is 5.80. The Balaban J connectivity index is 2.22. The minimum atomic E-state index is -4.47. The number of halogens is 3. The molecule has 0 unspecified atom stereocenters. The Morgan fingerprint density at radius 2 is 2.10 bits per heavy atom. The minimum absolute atomic E-state index is 0.0174. The van der Waals surface area contributed by atoms with E-state index < -0.39 is 11.7 Å². The number of nitrogens with zero attached hydrogens (tertiary/aromatic N) is 1. The van der Waals surface area contributed by atoms with Gasteiger partial charge in [0, 0.05) is 17.6 Å². The third-order valence-electron chi connectivity index (χ3n) is 2.60. The van der Waals surface area contributed by atoms with Gasteiger partial charge < -0.3 is 10.5 Å². The van der Waals surface area contributed by atoms with E-state index in [-0.39, 0.29) is 18.9 Å². The van der Waals surface area contributed by atoms with E-state index in [9.17, 15) is 13.2 Å². The highest BCUT2D eigenvalue weighted by Gasteiger charge is 2.34. The lowest BCUT2D eigenvalue weighted by Crippen LogP contribution is -2.10. The molecule has 0 aliphatic heterocycles. The van der Waals surface area contributed by atoms with Gasteiger partial charge in [0.15, 0.2) is 0 Å². The minimum Gasteiger partial charge on any atom is -0.486 e. The van der Waals surface area contributed by atoms with Crippen LogP contribution in [0.3, 0.4) is 0 Å². The first-order valence-electron chi connectivity index (χ1n) is 5.84. The molecule has 0 saturated carbocycles. The van der Waals surface area contributed by atoms with Gasteiger partial charge in [-0.3, -0.25) is 0 Å². The van der Waals surface area contributed by atoms with Crippen LogP contribution in [-0.4, -0.2) is 4.98 Å². The summed E-state index contributed by atoms with van der Waals surface area (Å²) >= 11 is 1.35. The number of aromatic nitrogens is 1. The standard InChI is InChI=1S/C13H13F3N2OS/c1-8-7-20-12(18-8)6-19-11-3-2-9(5-17)4-10(11)13(14,15)16/h2-4,7H,5-6,17H2,1H3. The van der Waals surface area contributed by atoms with E-state index in [0.29, 0.717) is 10.6 Å². The molecule has 3 nitrogen and oxygen atoms in total. The van der Waals surface area contributed by atoms with Gasteiger partial charge in [0.25, 0.3) is 0 Å². The van der Waals surface area contributed by atoms with Crippen molar-refractivity contribution in [3.05, 3.63) is 45.4 Å². The number of hydrogen-bond acceptors (Lipinski definition) is 4. The quantitative estimate of drug-likeness (QED) is 0.940. The fraction of sp³-hybridized carbons (Fsp3) is 0.308. The van der Waals surface area contributed by atoms with Crippen LogP contribution in [-0.2, 0) is 19.3 Å². The molecular formula is C13H13F3N2OS. The summed E-state index contributed by atoms with van der Waals surface area (Å²) in [6, 6.07) is 3.84. The summed E-state index contributed by atoms with van der Waals surface area (Å²) in [6.45, 7) is 1.88. The van der Waals surface area contributed by atoms with Crippen molar-refractivity contribution < 1.29 is 17.9 Å². The number of ether oxygens (including phenoxy) is 1. The number of alkyl halides is 3. The van der Waals surface area contributed by atoms with Crippen LogP contribution in [0.4, 0.5) is 13.2 Å². The first kappa shape index (κ1) is 14.8. The summed E-state index contributed by atoms with van der Waals surface area (Å²) in [5.41, 5.74) is 5.79. The molecule has 0 saturated heterocycles. The average Bonchev–Trinajstić information content (AvgIpc) is 2.81. The number of rotatable bonds is 4. The van der Waals surface area contributed by atoms with Gasteiger partial charge in [0.05, 0.1) is 5.56 Å². The molecule has 0 radical (unpaired) electrons. The monoisotopic (exact) mass is 302 g/mol. The Morgan fingerprint density at radius 1 is 1.35 bits per heavy atom. The zero-order chi connectivity index (χ0) is 14.8. The maximum Gasteiger partial charge on any atom is 0.419 e. The third-order valence-corrected chi connectivity index (χ3v) is 3.54. The van der Waals surface area contributed by atoms with Gasteiger partial charge in [0.2, 0.25) is 0 Å². The van der Waals surface area contributed by atoms with Crippen LogP contribution < -0.4 is 10.5 Å². The average molecular weight is 302 g/mol. The van der Waals surface area contributed by atoms with Crippen molar-refractivity contribution in [1.82, 2.24) is 4.98 Å². The van der Waals surface area contributed by atoms with E-state index in [2.05, 4.69) is 4.98 Å². The highest BCUT2D eigenvalue weighted by molar-refractivity contribution is 7.09. The zero-order valence-corrected chi connectivity index (χ0v) is 11.5. The largest absolute Gasteiger partial charge is 0.486 e. The zero-order valence-electron chi connectivity index (χ0n) is 10.7. The molecule has 0 spiro atoms. The van der Waals surface area contributed by atoms with Crippen molar-refractivity contribution >= 4 is 11.3 Å². The number of thiazole rings is 1. The molecule has 2 aromatic rings. The molecule has 20 heavy (non-hydrogen) atoms. The molecule has 0 aliphatic rings. The van der Waals surface area contributed by atoms with Gasteiger partial charge in [-0.15, -0.1) is 11.3 Å². The molecular weight excluding hydrogens is 289 g/mol. The SMILES string of the molecule is Cc1csc(COc2ccc(CN)cc2C(F)(F)F)n1. The molecule has 2 rings (SSSR count). The molecule has 1 aromatic heterocycles. The smallest absolute Gasteiger partial charge is 0.419 e. The number of nitrogens with two attached hydrogens (primary N) is 1. The predicted octanol–water partition coefficient (Wildman–Crippen LogP) is 3.51. The van der Waals surface area contributed by atoms with Gasteiger partial charge >= 0.3 is 6.18 Å². The fourth-order valence-corrected chi connectivity index (χ4v) is 2.34. The topological polar surface area (TPSA) is 48.1 Å². The summed E-state index contributed by atoms with van der Waals surface area (Å²) in [5.74, 6) is -0.206. The van der Waals surface area contributed by atoms with Crippen LogP contribution in [0.2, 0.25) is 0 Å². The molecule has 108 valence electrons. The Morgan fingerprint density at radius 3 is 2.65 bits per heavy atom. The highest BCUT2D eigenvalue weighted by Crippen LogP contribution is 2.37. The van der Waals surface area contributed by atoms with E-state index in [1.54, 1.807) is 0 Å². The molecule has 2 N–H and O–H groups in total. The van der Waals surface area contributed by atoms with E-state index in [0.717, 1.165) is 11.8 Å². The van der Waals surface area contributed by atoms with Gasteiger partial charge in [-0.25, -0.2) is 4.98 Å². The summed E-state index contributed by atoms with van der Waals surface area (Å²) in [5, 5.41) is 2.46. The first-order chi connectivity index (χ1) is 9.40. The van der Waals surface area contributed by atoms with E-state index in [1.165, 1.54) is 23.5 Å². The molecule has 0 atom stereocenters. The van der Waals surface area contributed by atoms with Crippen molar-refractivity contribution in [2.24, 2.45) is 5.73 Å². The predicted molar refractivity (Wildman–Crippen MR) is 70.5 cm³/mol. The molecule has 7 heteroatoms. The molecule has 0 bridgehead atoms. The third kappa shape index (κ3) is 3.49. The molecule has 1 aromatic carbocycles. The highest BCUT2D eigenvalue weighted by atomic mass is 32.1. The van der Waals surface area contributed by atoms with Crippen molar-refractivity contribution in [1.29, 1.82) is 0 Å². The summed E-state index contributed by atoms with van der Waals surface area (Å²) in [6.07, 6.45) is -4.47. The van der Waals surface area contributed by atoms with Crippen molar-refractivity contribution in [3.63, 3.8) is 0 Å². The van der Waals surface area contributed by atoms with Crippen LogP contribution in [0.5, 0.6) is 5.75 Å². The lowest BCUT2D eigenvalue weighted by molar-refractivity contribution is -0.139. The van der Waals surface area contributed by atoms with Gasteiger partial charge in [-0.1, -0.05) is 6.07 Å². The van der Waals surface area contributed by atoms with Gasteiger partial charge in [-0.05, 0) is 24.6 Å². The van der Waals surface area contributed by atoms with Crippen molar-refractivity contribution in [2.45, 2.75) is 26.3 Å². The number of benzene rings is 1. The van der Waals surface area contributed by atoms with Crippen LogP contribution in [0.25, 0.3) is 0 Å². The Bertz CT molecular complexity index is 596. The maximum absolute atomic E-state index is 13.0. The lowest BCUT2D eigenvalue weighted by atomic mass is 10.1. The number of aryl methyl sites for hydroxylation is 1. The second-order valence-corrected chi connectivity index (χ2v) is 5.15. The second-order valence-electron chi connectivity index (χ2n) is 4.20. The van der Waals surface area contributed by atoms with E-state index >= 15 is 0 Å². The molecule has 0 aliphatic carbocycles. The van der Waals surface area contributed by atoms with Crippen LogP contribution >= 0.6 is 11.3 Å². The summed E-state index contributed by atoms with van der Waals surface area (Å²) in [7, 11) is 0. The lowest BCUT2D eigenvalue weighted by Gasteiger charge is -2.14. The Hall–Kier alpha value is -1.60. The van der Waals surface area contributed by atoms with Crippen LogP contribution in [0, 0.1) is 6.92 Å². The summed E-state index contributed by atoms with van der Waals surface area (Å²) < 4.78 is 44.1. The molecule has 0 amide bonds. The number of hydrogen-bond donors (Lipinski definition) is 1. The molecule has 0 fully saturated rings. The van der Waals surface area contributed by atoms with Crippen LogP contribution in [0.1, 0.15) is 21.8 Å². The van der Waals surface area contributed by atoms with Crippen molar-refractivity contribution in [2.75, 3.05) is 0 Å². The van der Waals surface area contributed by atoms with Gasteiger partial charge in [0.1, 0.15) is 17.4 Å². The van der Waals surface area contributed by atoms with E-state index in [4.69, 9.17) is 10.5 Å². The summed E-state index contributed by atoms with van der Waals surface area (Å²) in [4.78, 5) is 4.14. The fourth-order valence-electron chi connectivity index (χ4n) is 1.66. The Labute approximate surface area is 118 Å². The van der Waals surface area contributed by atoms with Crippen molar-refractivity contribution in [3.8, 4) is 5.75 Å². The van der Waals surface area contributed by atoms with Crippen LogP contribution in [0.15, 0.2) is 23.6 Å². The normalized spacial score (nSPS) is 11.7. The maximum atomic E-state index is 13.0. The first-order valence-corrected chi connectivity index (χ1v) is 6.72. The molecule has 1 heterocycles. The van der Waals surface area contributed by atoms with E-state index in [1.807, 2.05) is 12.3 Å².